The number of benzene rings is 1. The first-order chi connectivity index (χ1) is 9.88. The summed E-state index contributed by atoms with van der Waals surface area (Å²) >= 11 is 5.72. The summed E-state index contributed by atoms with van der Waals surface area (Å²) < 4.78 is 8.95. The second kappa shape index (κ2) is 7.49. The zero-order chi connectivity index (χ0) is 16.0. The molecular formula is C13H14ClNO6. The van der Waals surface area contributed by atoms with E-state index in [1.807, 2.05) is 0 Å². The molecule has 0 aliphatic carbocycles. The number of ether oxygens (including phenoxy) is 2. The van der Waals surface area contributed by atoms with E-state index in [1.165, 1.54) is 32.4 Å². The van der Waals surface area contributed by atoms with Crippen LogP contribution in [-0.4, -0.2) is 55.2 Å². The van der Waals surface area contributed by atoms with Crippen LogP contribution >= 0.6 is 11.6 Å². The zero-order valence-corrected chi connectivity index (χ0v) is 12.2. The lowest BCUT2D eigenvalue weighted by molar-refractivity contribution is -0.144. The van der Waals surface area contributed by atoms with Gasteiger partial charge in [-0.05, 0) is 18.2 Å². The first-order valence-corrected chi connectivity index (χ1v) is 6.18. The molecule has 114 valence electrons. The number of hydrogen-bond acceptors (Lipinski definition) is 6. The number of hydrogen-bond donors (Lipinski definition) is 1. The summed E-state index contributed by atoms with van der Waals surface area (Å²) in [7, 11) is 2.33. The maximum atomic E-state index is 12.3. The number of phenolic OH excluding ortho intramolecular Hbond substituents is 1. The van der Waals surface area contributed by atoms with Crippen LogP contribution in [-0.2, 0) is 19.1 Å². The van der Waals surface area contributed by atoms with Crippen molar-refractivity contribution in [1.82, 2.24) is 4.90 Å². The molecule has 0 saturated heterocycles. The number of nitrogens with zero attached hydrogens (tertiary/aromatic N) is 1. The van der Waals surface area contributed by atoms with Crippen molar-refractivity contribution in [3.8, 4) is 5.75 Å². The van der Waals surface area contributed by atoms with E-state index >= 15 is 0 Å². The highest BCUT2D eigenvalue weighted by molar-refractivity contribution is 6.32. The molecule has 21 heavy (non-hydrogen) atoms. The molecule has 7 nitrogen and oxygen atoms in total. The third kappa shape index (κ3) is 4.64. The Kier molecular flexibility index (Phi) is 5.98. The summed E-state index contributed by atoms with van der Waals surface area (Å²) in [5, 5.41) is 9.31. The van der Waals surface area contributed by atoms with Gasteiger partial charge in [0.1, 0.15) is 18.8 Å². The van der Waals surface area contributed by atoms with E-state index in [0.29, 0.717) is 0 Å². The molecule has 0 radical (unpaired) electrons. The summed E-state index contributed by atoms with van der Waals surface area (Å²) in [5.74, 6) is -2.16. The summed E-state index contributed by atoms with van der Waals surface area (Å²) in [6.07, 6.45) is 0. The lowest BCUT2D eigenvalue weighted by Gasteiger charge is -2.20. The Hall–Kier alpha value is -2.28. The minimum absolute atomic E-state index is 0.0167. The third-order valence-corrected chi connectivity index (χ3v) is 2.88. The lowest BCUT2D eigenvalue weighted by atomic mass is 10.2. The SMILES string of the molecule is COC(=O)CN(CC(=O)OC)C(=O)c1ccc(O)c(Cl)c1. The number of carbonyl (C=O) groups is 3. The number of carbonyl (C=O) groups excluding carboxylic acids is 3. The van der Waals surface area contributed by atoms with Crippen molar-refractivity contribution in [2.45, 2.75) is 0 Å². The number of amides is 1. The van der Waals surface area contributed by atoms with Gasteiger partial charge in [-0.1, -0.05) is 11.6 Å². The Bertz CT molecular complexity index is 542. The molecule has 1 rings (SSSR count). The molecule has 1 N–H and O–H groups in total. The Morgan fingerprint density at radius 3 is 2.10 bits per heavy atom. The van der Waals surface area contributed by atoms with E-state index in [1.54, 1.807) is 0 Å². The largest absolute Gasteiger partial charge is 0.506 e. The first kappa shape index (κ1) is 16.8. The minimum Gasteiger partial charge on any atom is -0.506 e. The molecule has 0 bridgehead atoms. The highest BCUT2D eigenvalue weighted by Crippen LogP contribution is 2.24. The highest BCUT2D eigenvalue weighted by atomic mass is 35.5. The van der Waals surface area contributed by atoms with Gasteiger partial charge < -0.3 is 19.5 Å². The molecule has 1 amide bonds. The number of aromatic hydroxyl groups is 1. The summed E-state index contributed by atoms with van der Waals surface area (Å²) in [6.45, 7) is -0.828. The Labute approximate surface area is 126 Å². The van der Waals surface area contributed by atoms with Gasteiger partial charge in [-0.15, -0.1) is 0 Å². The van der Waals surface area contributed by atoms with Crippen LogP contribution in [0, 0.1) is 0 Å². The molecule has 0 fully saturated rings. The predicted molar refractivity (Wildman–Crippen MR) is 73.1 cm³/mol. The number of phenols is 1. The minimum atomic E-state index is -0.683. The van der Waals surface area contributed by atoms with Crippen LogP contribution < -0.4 is 0 Å². The smallest absolute Gasteiger partial charge is 0.325 e. The van der Waals surface area contributed by atoms with Crippen LogP contribution in [0.2, 0.25) is 5.02 Å². The molecule has 1 aromatic carbocycles. The van der Waals surface area contributed by atoms with Gasteiger partial charge in [-0.3, -0.25) is 14.4 Å². The van der Waals surface area contributed by atoms with E-state index in [-0.39, 0.29) is 16.3 Å². The second-order valence-electron chi connectivity index (χ2n) is 3.98. The van der Waals surface area contributed by atoms with Crippen molar-refractivity contribution in [2.75, 3.05) is 27.3 Å². The summed E-state index contributed by atoms with van der Waals surface area (Å²) in [4.78, 5) is 35.9. The van der Waals surface area contributed by atoms with Gasteiger partial charge in [-0.2, -0.15) is 0 Å². The Morgan fingerprint density at radius 2 is 1.67 bits per heavy atom. The number of halogens is 1. The fourth-order valence-electron chi connectivity index (χ4n) is 1.46. The van der Waals surface area contributed by atoms with Crippen LogP contribution in [0.4, 0.5) is 0 Å². The van der Waals surface area contributed by atoms with Crippen LogP contribution in [0.25, 0.3) is 0 Å². The van der Waals surface area contributed by atoms with Crippen molar-refractivity contribution in [3.63, 3.8) is 0 Å². The van der Waals surface area contributed by atoms with E-state index in [9.17, 15) is 19.5 Å². The van der Waals surface area contributed by atoms with E-state index in [2.05, 4.69) is 9.47 Å². The molecule has 0 aromatic heterocycles. The quantitative estimate of drug-likeness (QED) is 0.809. The molecule has 1 aromatic rings. The molecule has 0 spiro atoms. The highest BCUT2D eigenvalue weighted by Gasteiger charge is 2.22. The molecule has 8 heteroatoms. The maximum absolute atomic E-state index is 12.3. The fraction of sp³-hybridized carbons (Fsp3) is 0.308. The summed E-state index contributed by atoms with van der Waals surface area (Å²) in [5.41, 5.74) is 0.116. The first-order valence-electron chi connectivity index (χ1n) is 5.80. The van der Waals surface area contributed by atoms with Crippen LogP contribution in [0.15, 0.2) is 18.2 Å². The average molecular weight is 316 g/mol. The average Bonchev–Trinajstić information content (AvgIpc) is 2.48. The molecule has 0 heterocycles. The van der Waals surface area contributed by atoms with Crippen molar-refractivity contribution >= 4 is 29.4 Å². The third-order valence-electron chi connectivity index (χ3n) is 2.58. The lowest BCUT2D eigenvalue weighted by Crippen LogP contribution is -2.40. The number of rotatable bonds is 5. The summed E-state index contributed by atoms with van der Waals surface area (Å²) in [6, 6.07) is 3.80. The van der Waals surface area contributed by atoms with Crippen molar-refractivity contribution < 1.29 is 29.0 Å². The topological polar surface area (TPSA) is 93.1 Å². The molecule has 0 aliphatic rings. The molecule has 0 atom stereocenters. The number of methoxy groups -OCH3 is 2. The van der Waals surface area contributed by atoms with Crippen LogP contribution in [0.3, 0.4) is 0 Å². The van der Waals surface area contributed by atoms with E-state index < -0.39 is 30.9 Å². The van der Waals surface area contributed by atoms with Crippen LogP contribution in [0.5, 0.6) is 5.75 Å². The molecule has 0 unspecified atom stereocenters. The maximum Gasteiger partial charge on any atom is 0.325 e. The van der Waals surface area contributed by atoms with E-state index in [4.69, 9.17) is 11.6 Å². The van der Waals surface area contributed by atoms with E-state index in [0.717, 1.165) is 4.90 Å². The standard InChI is InChI=1S/C13H14ClNO6/c1-20-11(17)6-15(7-12(18)21-2)13(19)8-3-4-10(16)9(14)5-8/h3-5,16H,6-7H2,1-2H3. The van der Waals surface area contributed by atoms with Crippen LogP contribution in [0.1, 0.15) is 10.4 Å². The van der Waals surface area contributed by atoms with Crippen molar-refractivity contribution in [3.05, 3.63) is 28.8 Å². The van der Waals surface area contributed by atoms with Gasteiger partial charge in [0.2, 0.25) is 0 Å². The molecule has 0 aliphatic heterocycles. The zero-order valence-electron chi connectivity index (χ0n) is 11.5. The number of esters is 2. The van der Waals surface area contributed by atoms with Gasteiger partial charge in [-0.25, -0.2) is 0 Å². The van der Waals surface area contributed by atoms with Gasteiger partial charge in [0.25, 0.3) is 5.91 Å². The second-order valence-corrected chi connectivity index (χ2v) is 4.39. The van der Waals surface area contributed by atoms with Gasteiger partial charge in [0.15, 0.2) is 0 Å². The predicted octanol–water partition coefficient (Wildman–Crippen LogP) is 0.834. The molecular weight excluding hydrogens is 302 g/mol. The Morgan fingerprint density at radius 1 is 1.14 bits per heavy atom. The monoisotopic (exact) mass is 315 g/mol. The molecule has 0 saturated carbocycles. The van der Waals surface area contributed by atoms with Gasteiger partial charge in [0.05, 0.1) is 19.2 Å². The van der Waals surface area contributed by atoms with Crippen molar-refractivity contribution in [2.24, 2.45) is 0 Å². The Balaban J connectivity index is 2.99. The van der Waals surface area contributed by atoms with Gasteiger partial charge >= 0.3 is 11.9 Å². The normalized spacial score (nSPS) is 9.86. The fourth-order valence-corrected chi connectivity index (χ4v) is 1.64. The van der Waals surface area contributed by atoms with Crippen molar-refractivity contribution in [1.29, 1.82) is 0 Å². The van der Waals surface area contributed by atoms with Gasteiger partial charge in [0, 0.05) is 5.56 Å².